The van der Waals surface area contributed by atoms with Crippen LogP contribution in [0.4, 0.5) is 11.4 Å². The molecule has 0 amide bonds. The molecule has 0 aliphatic rings. The Morgan fingerprint density at radius 3 is 1.38 bits per heavy atom. The zero-order valence-electron chi connectivity index (χ0n) is 31.7. The van der Waals surface area contributed by atoms with E-state index < -0.39 is 12.0 Å². The van der Waals surface area contributed by atoms with Crippen LogP contribution in [0.1, 0.15) is 0 Å². The lowest BCUT2D eigenvalue weighted by molar-refractivity contribution is -0.385. The van der Waals surface area contributed by atoms with Gasteiger partial charge in [-0.25, -0.2) is 0 Å². The summed E-state index contributed by atoms with van der Waals surface area (Å²) in [5.74, 6) is 0. The first-order valence-corrected chi connectivity index (χ1v) is 19.7. The first-order valence-electron chi connectivity index (χ1n) is 18.9. The van der Waals surface area contributed by atoms with E-state index >= 15 is 0 Å². The number of nitro groups is 2. The molecule has 0 saturated carbocycles. The van der Waals surface area contributed by atoms with Crippen LogP contribution in [-0.2, 0) is 0 Å². The molecule has 0 aliphatic carbocycles. The van der Waals surface area contributed by atoms with Gasteiger partial charge in [0.2, 0.25) is 0 Å². The van der Waals surface area contributed by atoms with Gasteiger partial charge in [0.1, 0.15) is 0 Å². The highest BCUT2D eigenvalue weighted by Gasteiger charge is 2.22. The minimum absolute atomic E-state index is 0.0995. The van der Waals surface area contributed by atoms with Crippen LogP contribution in [0.3, 0.4) is 0 Å². The van der Waals surface area contributed by atoms with Crippen molar-refractivity contribution in [1.82, 2.24) is 9.13 Å². The summed E-state index contributed by atoms with van der Waals surface area (Å²) >= 11 is 3.06. The molecule has 2 N–H and O–H groups in total. The number of benzene rings is 8. The van der Waals surface area contributed by atoms with E-state index in [0.29, 0.717) is 15.5 Å². The molecule has 2 heterocycles. The minimum Gasteiger partial charge on any atom is -0.423 e. The maximum absolute atomic E-state index is 11.7. The Balaban J connectivity index is 0.000000138. The smallest absolute Gasteiger partial charge is 0.423 e. The third-order valence-corrected chi connectivity index (χ3v) is 10.8. The number of para-hydroxylation sites is 8. The number of halogens is 1. The van der Waals surface area contributed by atoms with E-state index in [1.165, 1.54) is 6.07 Å². The number of aromatic nitrogens is 2. The van der Waals surface area contributed by atoms with Crippen LogP contribution in [0.15, 0.2) is 199 Å². The third kappa shape index (κ3) is 7.54. The first kappa shape index (κ1) is 39.5. The van der Waals surface area contributed by atoms with Gasteiger partial charge in [-0.3, -0.25) is 20.2 Å². The Morgan fingerprint density at radius 1 is 0.433 bits per heavy atom. The van der Waals surface area contributed by atoms with Gasteiger partial charge >= 0.3 is 7.12 Å². The predicted molar refractivity (Wildman–Crippen MR) is 244 cm³/mol. The van der Waals surface area contributed by atoms with Crippen LogP contribution < -0.4 is 5.46 Å². The molecule has 0 radical (unpaired) electrons. The Hall–Kier alpha value is -7.38. The molecule has 0 unspecified atom stereocenters. The minimum atomic E-state index is -1.50. The maximum atomic E-state index is 11.7. The molecule has 60 heavy (non-hydrogen) atoms. The SMILES string of the molecule is O=[N+]([O-])c1ccccc1-c1cccc2c3ccccc3n(-c3ccccc3)c12.O=[N+]([O-])c1ccccc1Br.OB(O)c1cccc2c3ccccc3n(-c3ccccc3)c12. The second-order valence-electron chi connectivity index (χ2n) is 13.7. The summed E-state index contributed by atoms with van der Waals surface area (Å²) in [6.45, 7) is 0. The van der Waals surface area contributed by atoms with Crippen molar-refractivity contribution in [3.63, 3.8) is 0 Å². The Morgan fingerprint density at radius 2 is 0.850 bits per heavy atom. The van der Waals surface area contributed by atoms with Gasteiger partial charge in [0, 0.05) is 56.1 Å². The predicted octanol–water partition coefficient (Wildman–Crippen LogP) is 11.2. The quantitative estimate of drug-likeness (QED) is 0.0971. The van der Waals surface area contributed by atoms with Gasteiger partial charge in [-0.1, -0.05) is 133 Å². The molecule has 8 aromatic carbocycles. The second-order valence-corrected chi connectivity index (χ2v) is 14.5. The monoisotopic (exact) mass is 852 g/mol. The number of fused-ring (bicyclic) bond motifs is 6. The van der Waals surface area contributed by atoms with Gasteiger partial charge in [0.25, 0.3) is 11.4 Å². The number of nitro benzene ring substituents is 2. The van der Waals surface area contributed by atoms with Crippen molar-refractivity contribution in [2.45, 2.75) is 0 Å². The average molecular weight is 854 g/mol. The van der Waals surface area contributed by atoms with Gasteiger partial charge in [-0.2, -0.15) is 0 Å². The molecule has 10 nitrogen and oxygen atoms in total. The van der Waals surface area contributed by atoms with Crippen molar-refractivity contribution in [3.8, 4) is 22.5 Å². The van der Waals surface area contributed by atoms with E-state index in [1.54, 1.807) is 36.4 Å². The molecule has 0 fully saturated rings. The molecular weight excluding hydrogens is 819 g/mol. The van der Waals surface area contributed by atoms with E-state index in [9.17, 15) is 30.3 Å². The van der Waals surface area contributed by atoms with E-state index in [1.807, 2.05) is 109 Å². The van der Waals surface area contributed by atoms with Gasteiger partial charge in [-0.05, 0) is 64.5 Å². The highest BCUT2D eigenvalue weighted by molar-refractivity contribution is 9.10. The van der Waals surface area contributed by atoms with Gasteiger partial charge in [0.05, 0.1) is 41.9 Å². The zero-order chi connectivity index (χ0) is 41.8. The van der Waals surface area contributed by atoms with E-state index in [-0.39, 0.29) is 16.3 Å². The third-order valence-electron chi connectivity index (χ3n) is 10.2. The molecule has 10 aromatic rings. The second kappa shape index (κ2) is 17.2. The van der Waals surface area contributed by atoms with Gasteiger partial charge in [0.15, 0.2) is 0 Å². The van der Waals surface area contributed by atoms with Crippen LogP contribution in [0.2, 0.25) is 0 Å². The Labute approximate surface area is 352 Å². The zero-order valence-corrected chi connectivity index (χ0v) is 33.3. The van der Waals surface area contributed by atoms with Crippen molar-refractivity contribution in [2.24, 2.45) is 0 Å². The van der Waals surface area contributed by atoms with Crippen LogP contribution in [0, 0.1) is 20.2 Å². The number of rotatable bonds is 6. The van der Waals surface area contributed by atoms with E-state index in [2.05, 4.69) is 67.5 Å². The standard InChI is InChI=1S/C24H16N2O2.C18H14BNO2.C6H4BrNO2/c27-26(28)23-16-7-5-12-19(23)21-14-8-13-20-18-11-4-6-15-22(18)25(24(20)21)17-9-2-1-3-10-17;21-19(22)16-11-6-10-15-14-9-4-5-12-17(14)20(18(15)16)13-7-2-1-3-8-13;7-5-3-1-2-4-6(5)8(9)10/h1-16H;1-12,21-22H;1-4H. The molecule has 292 valence electrons. The van der Waals surface area contributed by atoms with E-state index in [0.717, 1.165) is 60.5 Å². The fourth-order valence-corrected chi connectivity index (χ4v) is 8.07. The van der Waals surface area contributed by atoms with Crippen molar-refractivity contribution in [2.75, 3.05) is 0 Å². The van der Waals surface area contributed by atoms with Crippen LogP contribution in [0.25, 0.3) is 66.1 Å². The Kier molecular flexibility index (Phi) is 11.3. The highest BCUT2D eigenvalue weighted by Crippen LogP contribution is 2.40. The number of hydrogen-bond acceptors (Lipinski definition) is 6. The molecular formula is C48H34BBrN4O6. The summed E-state index contributed by atoms with van der Waals surface area (Å²) in [5.41, 5.74) is 8.17. The average Bonchev–Trinajstić information content (AvgIpc) is 3.81. The summed E-state index contributed by atoms with van der Waals surface area (Å²) in [5, 5.41) is 45.7. The van der Waals surface area contributed by atoms with Crippen LogP contribution in [0.5, 0.6) is 0 Å². The lowest BCUT2D eigenvalue weighted by Crippen LogP contribution is -2.31. The molecule has 10 rings (SSSR count). The fourth-order valence-electron chi connectivity index (χ4n) is 7.64. The summed E-state index contributed by atoms with van der Waals surface area (Å²) < 4.78 is 4.79. The molecule has 12 heteroatoms. The lowest BCUT2D eigenvalue weighted by Gasteiger charge is -2.11. The highest BCUT2D eigenvalue weighted by atomic mass is 79.9. The molecule has 0 spiro atoms. The molecule has 0 atom stereocenters. The van der Waals surface area contributed by atoms with Gasteiger partial charge in [-0.15, -0.1) is 0 Å². The number of nitrogens with zero attached hydrogens (tertiary/aromatic N) is 4. The van der Waals surface area contributed by atoms with Crippen molar-refractivity contribution in [3.05, 3.63) is 219 Å². The van der Waals surface area contributed by atoms with Crippen LogP contribution in [-0.4, -0.2) is 36.1 Å². The summed E-state index contributed by atoms with van der Waals surface area (Å²) in [6.07, 6.45) is 0. The molecule has 0 aliphatic heterocycles. The summed E-state index contributed by atoms with van der Waals surface area (Å²) in [4.78, 5) is 21.1. The molecule has 2 aromatic heterocycles. The summed E-state index contributed by atoms with van der Waals surface area (Å²) in [6, 6.07) is 61.4. The number of hydrogen-bond donors (Lipinski definition) is 2. The first-order chi connectivity index (χ1) is 29.2. The maximum Gasteiger partial charge on any atom is 0.490 e. The van der Waals surface area contributed by atoms with Crippen LogP contribution >= 0.6 is 15.9 Å². The van der Waals surface area contributed by atoms with E-state index in [4.69, 9.17) is 0 Å². The molecule has 0 saturated heterocycles. The van der Waals surface area contributed by atoms with Crippen molar-refractivity contribution >= 4 is 83.5 Å². The fraction of sp³-hybridized carbons (Fsp3) is 0. The topological polar surface area (TPSA) is 137 Å². The van der Waals surface area contributed by atoms with Crippen molar-refractivity contribution in [1.29, 1.82) is 0 Å². The largest absolute Gasteiger partial charge is 0.490 e. The van der Waals surface area contributed by atoms with Crippen molar-refractivity contribution < 1.29 is 19.9 Å². The van der Waals surface area contributed by atoms with Gasteiger partial charge < -0.3 is 19.2 Å². The molecule has 0 bridgehead atoms. The normalized spacial score (nSPS) is 10.8. The summed E-state index contributed by atoms with van der Waals surface area (Å²) in [7, 11) is -1.50. The lowest BCUT2D eigenvalue weighted by atomic mass is 9.79. The Bertz CT molecular complexity index is 3170.